The molecular weight excluding hydrogens is 186 g/mol. The molecule has 3 rings (SSSR count). The highest BCUT2D eigenvalue weighted by atomic mass is 16.1. The predicted molar refractivity (Wildman–Crippen MR) is 58.4 cm³/mol. The molecule has 1 aromatic rings. The number of hydrogen-bond acceptors (Lipinski definition) is 2. The van der Waals surface area contributed by atoms with Gasteiger partial charge in [0.25, 0.3) is 0 Å². The van der Waals surface area contributed by atoms with E-state index in [1.54, 1.807) is 6.92 Å². The van der Waals surface area contributed by atoms with Crippen LogP contribution in [0.2, 0.25) is 0 Å². The smallest absolute Gasteiger partial charge is 0.138 e. The number of benzene rings is 1. The number of ketones is 1. The zero-order valence-electron chi connectivity index (χ0n) is 8.86. The van der Waals surface area contributed by atoms with E-state index < -0.39 is 0 Å². The Morgan fingerprint density at radius 1 is 1.40 bits per heavy atom. The fourth-order valence-corrected chi connectivity index (χ4v) is 3.09. The summed E-state index contributed by atoms with van der Waals surface area (Å²) in [5.74, 6) is 0.937. The third-order valence-corrected chi connectivity index (χ3v) is 4.02. The Morgan fingerprint density at radius 3 is 2.73 bits per heavy atom. The molecule has 0 aromatic heterocycles. The molecule has 2 nitrogen and oxygen atoms in total. The summed E-state index contributed by atoms with van der Waals surface area (Å²) in [5, 5.41) is 3.47. The van der Waals surface area contributed by atoms with Gasteiger partial charge in [-0.15, -0.1) is 0 Å². The van der Waals surface area contributed by atoms with Crippen molar-refractivity contribution in [2.24, 2.45) is 11.3 Å². The van der Waals surface area contributed by atoms with Gasteiger partial charge in [-0.25, -0.2) is 0 Å². The van der Waals surface area contributed by atoms with Crippen LogP contribution in [0, 0.1) is 11.3 Å². The third kappa shape index (κ3) is 1.11. The van der Waals surface area contributed by atoms with Crippen LogP contribution in [0.5, 0.6) is 0 Å². The third-order valence-electron chi connectivity index (χ3n) is 4.02. The van der Waals surface area contributed by atoms with E-state index in [9.17, 15) is 4.79 Å². The fourth-order valence-electron chi connectivity index (χ4n) is 3.09. The number of fused-ring (bicyclic) bond motifs is 1. The molecule has 1 heterocycles. The summed E-state index contributed by atoms with van der Waals surface area (Å²) in [4.78, 5) is 11.8. The first kappa shape index (κ1) is 9.10. The molecular formula is C13H15NO. The molecule has 1 aliphatic carbocycles. The summed E-state index contributed by atoms with van der Waals surface area (Å²) in [6.45, 7) is 2.74. The van der Waals surface area contributed by atoms with Gasteiger partial charge in [0, 0.05) is 6.04 Å². The van der Waals surface area contributed by atoms with E-state index in [0.29, 0.717) is 11.7 Å². The number of Topliss-reactive ketones (excluding diaryl/α,β-unsaturated/α-hetero) is 1. The van der Waals surface area contributed by atoms with Crippen LogP contribution in [0.4, 0.5) is 0 Å². The van der Waals surface area contributed by atoms with Crippen LogP contribution in [0.1, 0.15) is 24.9 Å². The van der Waals surface area contributed by atoms with E-state index in [4.69, 9.17) is 0 Å². The van der Waals surface area contributed by atoms with Crippen molar-refractivity contribution in [3.05, 3.63) is 35.9 Å². The van der Waals surface area contributed by atoms with Crippen LogP contribution in [-0.4, -0.2) is 12.3 Å². The molecule has 2 aliphatic rings. The maximum atomic E-state index is 11.8. The topological polar surface area (TPSA) is 29.1 Å². The summed E-state index contributed by atoms with van der Waals surface area (Å²) in [7, 11) is 0. The molecule has 1 saturated carbocycles. The van der Waals surface area contributed by atoms with E-state index in [1.165, 1.54) is 5.56 Å². The van der Waals surface area contributed by atoms with Crippen LogP contribution in [0.15, 0.2) is 30.3 Å². The first-order chi connectivity index (χ1) is 7.25. The Bertz CT molecular complexity index is 400. The van der Waals surface area contributed by atoms with Crippen molar-refractivity contribution >= 4 is 5.78 Å². The van der Waals surface area contributed by atoms with Crippen LogP contribution in [0.3, 0.4) is 0 Å². The molecule has 0 radical (unpaired) electrons. The average Bonchev–Trinajstić information content (AvgIpc) is 2.88. The predicted octanol–water partition coefficient (Wildman–Crippen LogP) is 1.93. The van der Waals surface area contributed by atoms with Crippen molar-refractivity contribution < 1.29 is 4.79 Å². The number of carbonyl (C=O) groups is 1. The van der Waals surface area contributed by atoms with E-state index in [1.807, 2.05) is 18.2 Å². The largest absolute Gasteiger partial charge is 0.309 e. The number of hydrogen-bond donors (Lipinski definition) is 1. The molecule has 2 heteroatoms. The van der Waals surface area contributed by atoms with Crippen LogP contribution in [-0.2, 0) is 4.79 Å². The van der Waals surface area contributed by atoms with Gasteiger partial charge < -0.3 is 5.32 Å². The molecule has 2 fully saturated rings. The van der Waals surface area contributed by atoms with Gasteiger partial charge in [-0.05, 0) is 31.4 Å². The zero-order valence-corrected chi connectivity index (χ0v) is 8.86. The molecule has 1 aromatic carbocycles. The number of piperidine rings is 1. The normalized spacial score (nSPS) is 37.4. The quantitative estimate of drug-likeness (QED) is 0.792. The zero-order chi connectivity index (χ0) is 10.5. The number of rotatable bonds is 2. The second-order valence-electron chi connectivity index (χ2n) is 4.75. The van der Waals surface area contributed by atoms with Crippen molar-refractivity contribution in [2.75, 3.05) is 6.54 Å². The fraction of sp³-hybridized carbons (Fsp3) is 0.462. The van der Waals surface area contributed by atoms with Crippen LogP contribution in [0.25, 0.3) is 0 Å². The molecule has 1 saturated heterocycles. The van der Waals surface area contributed by atoms with Crippen molar-refractivity contribution in [1.82, 2.24) is 5.32 Å². The van der Waals surface area contributed by atoms with Crippen molar-refractivity contribution in [3.8, 4) is 0 Å². The summed E-state index contributed by atoms with van der Waals surface area (Å²) in [6.07, 6.45) is 1.08. The molecule has 1 aliphatic heterocycles. The Labute approximate surface area is 89.7 Å². The molecule has 15 heavy (non-hydrogen) atoms. The first-order valence-electron chi connectivity index (χ1n) is 5.54. The lowest BCUT2D eigenvalue weighted by atomic mass is 9.87. The molecule has 0 amide bonds. The van der Waals surface area contributed by atoms with Crippen molar-refractivity contribution in [3.63, 3.8) is 0 Å². The standard InChI is InChI=1S/C13H15NO/c1-9(15)13-7-11(13)8-14-12(13)10-5-3-2-4-6-10/h2-6,11-12,14H,7-8H2,1H3. The SMILES string of the molecule is CC(=O)C12CC1CNC2c1ccccc1. The summed E-state index contributed by atoms with van der Waals surface area (Å²) in [5.41, 5.74) is 1.19. The van der Waals surface area contributed by atoms with Gasteiger partial charge in [-0.3, -0.25) is 4.79 Å². The minimum Gasteiger partial charge on any atom is -0.309 e. The Hall–Kier alpha value is -1.15. The first-order valence-corrected chi connectivity index (χ1v) is 5.54. The number of nitrogens with one attached hydrogen (secondary N) is 1. The van der Waals surface area contributed by atoms with Gasteiger partial charge in [0.2, 0.25) is 0 Å². The average molecular weight is 201 g/mol. The summed E-state index contributed by atoms with van der Waals surface area (Å²) in [6, 6.07) is 10.6. The Morgan fingerprint density at radius 2 is 2.13 bits per heavy atom. The van der Waals surface area contributed by atoms with E-state index in [2.05, 4.69) is 17.4 Å². The molecule has 3 atom stereocenters. The minimum atomic E-state index is -0.0681. The molecule has 3 unspecified atom stereocenters. The lowest BCUT2D eigenvalue weighted by Crippen LogP contribution is -2.27. The van der Waals surface area contributed by atoms with Gasteiger partial charge in [0.1, 0.15) is 5.78 Å². The minimum absolute atomic E-state index is 0.0681. The Kier molecular flexibility index (Phi) is 1.77. The van der Waals surface area contributed by atoms with E-state index in [0.717, 1.165) is 13.0 Å². The van der Waals surface area contributed by atoms with Crippen LogP contribution >= 0.6 is 0 Å². The van der Waals surface area contributed by atoms with Gasteiger partial charge >= 0.3 is 0 Å². The highest BCUT2D eigenvalue weighted by molar-refractivity contribution is 5.87. The van der Waals surface area contributed by atoms with Gasteiger partial charge in [-0.1, -0.05) is 30.3 Å². The molecule has 0 spiro atoms. The molecule has 0 bridgehead atoms. The van der Waals surface area contributed by atoms with Gasteiger partial charge in [0.15, 0.2) is 0 Å². The maximum Gasteiger partial charge on any atom is 0.138 e. The summed E-state index contributed by atoms with van der Waals surface area (Å²) >= 11 is 0. The van der Waals surface area contributed by atoms with E-state index in [-0.39, 0.29) is 11.5 Å². The van der Waals surface area contributed by atoms with Gasteiger partial charge in [-0.2, -0.15) is 0 Å². The van der Waals surface area contributed by atoms with Crippen molar-refractivity contribution in [1.29, 1.82) is 0 Å². The van der Waals surface area contributed by atoms with Crippen LogP contribution < -0.4 is 5.32 Å². The highest BCUT2D eigenvalue weighted by Gasteiger charge is 2.66. The number of carbonyl (C=O) groups excluding carboxylic acids is 1. The van der Waals surface area contributed by atoms with Gasteiger partial charge in [0.05, 0.1) is 5.41 Å². The maximum absolute atomic E-state index is 11.8. The highest BCUT2D eigenvalue weighted by Crippen LogP contribution is 2.64. The lowest BCUT2D eigenvalue weighted by Gasteiger charge is -2.21. The second-order valence-corrected chi connectivity index (χ2v) is 4.75. The van der Waals surface area contributed by atoms with E-state index >= 15 is 0 Å². The summed E-state index contributed by atoms with van der Waals surface area (Å²) < 4.78 is 0. The lowest BCUT2D eigenvalue weighted by molar-refractivity contribution is -0.122. The molecule has 78 valence electrons. The Balaban J connectivity index is 1.98. The second kappa shape index (κ2) is 2.92. The monoisotopic (exact) mass is 201 g/mol. The van der Waals surface area contributed by atoms with Crippen molar-refractivity contribution in [2.45, 2.75) is 19.4 Å². The molecule has 1 N–H and O–H groups in total.